The number of benzene rings is 1. The van der Waals surface area contributed by atoms with Gasteiger partial charge in [-0.1, -0.05) is 24.6 Å². The van der Waals surface area contributed by atoms with E-state index < -0.39 is 0 Å². The minimum Gasteiger partial charge on any atom is -0.494 e. The van der Waals surface area contributed by atoms with Gasteiger partial charge in [0.15, 0.2) is 0 Å². The van der Waals surface area contributed by atoms with Crippen molar-refractivity contribution in [3.63, 3.8) is 0 Å². The summed E-state index contributed by atoms with van der Waals surface area (Å²) in [5.74, 6) is 1.81. The molecule has 0 radical (unpaired) electrons. The van der Waals surface area contributed by atoms with Crippen LogP contribution in [0, 0.1) is 5.92 Å². The van der Waals surface area contributed by atoms with Crippen LogP contribution in [0.5, 0.6) is 5.75 Å². The van der Waals surface area contributed by atoms with Crippen molar-refractivity contribution >= 4 is 0 Å². The molecule has 1 aliphatic rings. The van der Waals surface area contributed by atoms with Crippen LogP contribution in [-0.2, 0) is 0 Å². The second-order valence-corrected chi connectivity index (χ2v) is 5.60. The van der Waals surface area contributed by atoms with E-state index in [0.29, 0.717) is 6.61 Å². The molecule has 0 aliphatic heterocycles. The molecule has 1 aromatic rings. The molecule has 1 fully saturated rings. The lowest BCUT2D eigenvalue weighted by Crippen LogP contribution is -2.35. The van der Waals surface area contributed by atoms with Crippen molar-refractivity contribution in [1.82, 2.24) is 4.90 Å². The van der Waals surface area contributed by atoms with Crippen LogP contribution in [0.25, 0.3) is 0 Å². The summed E-state index contributed by atoms with van der Waals surface area (Å²) in [5.41, 5.74) is 7.46. The van der Waals surface area contributed by atoms with E-state index in [1.165, 1.54) is 25.8 Å². The summed E-state index contributed by atoms with van der Waals surface area (Å²) in [6.07, 6.45) is 4.17. The molecule has 1 atom stereocenters. The zero-order valence-electron chi connectivity index (χ0n) is 12.1. The first kappa shape index (κ1) is 14.4. The van der Waals surface area contributed by atoms with Gasteiger partial charge in [-0.15, -0.1) is 0 Å². The van der Waals surface area contributed by atoms with E-state index in [2.05, 4.69) is 18.0 Å². The Morgan fingerprint density at radius 2 is 2.11 bits per heavy atom. The van der Waals surface area contributed by atoms with Gasteiger partial charge in [-0.25, -0.2) is 0 Å². The van der Waals surface area contributed by atoms with Crippen LogP contribution >= 0.6 is 0 Å². The van der Waals surface area contributed by atoms with Crippen LogP contribution in [0.15, 0.2) is 24.3 Å². The molecule has 3 nitrogen and oxygen atoms in total. The Morgan fingerprint density at radius 3 is 2.74 bits per heavy atom. The van der Waals surface area contributed by atoms with Crippen molar-refractivity contribution in [3.8, 4) is 5.75 Å². The molecule has 0 spiro atoms. The Balaban J connectivity index is 1.92. The highest BCUT2D eigenvalue weighted by Gasteiger charge is 2.21. The van der Waals surface area contributed by atoms with Crippen molar-refractivity contribution in [2.45, 2.75) is 32.2 Å². The zero-order chi connectivity index (χ0) is 13.7. The maximum absolute atomic E-state index is 6.34. The van der Waals surface area contributed by atoms with Crippen molar-refractivity contribution in [3.05, 3.63) is 29.8 Å². The normalized spacial score (nSPS) is 17.3. The van der Waals surface area contributed by atoms with Gasteiger partial charge in [-0.3, -0.25) is 0 Å². The summed E-state index contributed by atoms with van der Waals surface area (Å²) < 4.78 is 5.65. The Labute approximate surface area is 116 Å². The number of hydrogen-bond acceptors (Lipinski definition) is 3. The lowest BCUT2D eigenvalue weighted by molar-refractivity contribution is 0.197. The van der Waals surface area contributed by atoms with E-state index in [4.69, 9.17) is 10.5 Å². The molecular formula is C16H26N2O. The van der Waals surface area contributed by atoms with E-state index in [0.717, 1.165) is 23.8 Å². The third kappa shape index (κ3) is 3.95. The van der Waals surface area contributed by atoms with E-state index in [1.54, 1.807) is 0 Å². The van der Waals surface area contributed by atoms with Gasteiger partial charge in [0.05, 0.1) is 6.61 Å². The van der Waals surface area contributed by atoms with Gasteiger partial charge >= 0.3 is 0 Å². The number of rotatable bonds is 7. The molecule has 106 valence electrons. The monoisotopic (exact) mass is 262 g/mol. The molecule has 0 heterocycles. The average molecular weight is 262 g/mol. The zero-order valence-corrected chi connectivity index (χ0v) is 12.1. The molecular weight excluding hydrogens is 236 g/mol. The Hall–Kier alpha value is -1.06. The van der Waals surface area contributed by atoms with E-state index in [-0.39, 0.29) is 6.04 Å². The Kier molecular flexibility index (Phi) is 5.23. The summed E-state index contributed by atoms with van der Waals surface area (Å²) in [6, 6.07) is 8.13. The highest BCUT2D eigenvalue weighted by Crippen LogP contribution is 2.28. The quantitative estimate of drug-likeness (QED) is 0.821. The number of nitrogens with zero attached hydrogens (tertiary/aromatic N) is 1. The molecule has 2 N–H and O–H groups in total. The first-order chi connectivity index (χ1) is 9.20. The predicted octanol–water partition coefficient (Wildman–Crippen LogP) is 2.82. The van der Waals surface area contributed by atoms with E-state index in [1.807, 2.05) is 25.1 Å². The second-order valence-electron chi connectivity index (χ2n) is 5.60. The summed E-state index contributed by atoms with van der Waals surface area (Å²) in [7, 11) is 2.17. The summed E-state index contributed by atoms with van der Waals surface area (Å²) >= 11 is 0. The number of para-hydroxylation sites is 1. The number of likely N-dealkylation sites (N-methyl/N-ethyl adjacent to an activating group) is 1. The topological polar surface area (TPSA) is 38.5 Å². The fourth-order valence-electron chi connectivity index (χ4n) is 2.70. The molecule has 19 heavy (non-hydrogen) atoms. The molecule has 0 bridgehead atoms. The van der Waals surface area contributed by atoms with Crippen LogP contribution in [0.1, 0.15) is 37.8 Å². The molecule has 1 aromatic carbocycles. The van der Waals surface area contributed by atoms with Crippen LogP contribution in [0.4, 0.5) is 0 Å². The molecule has 1 saturated carbocycles. The fourth-order valence-corrected chi connectivity index (χ4v) is 2.70. The lowest BCUT2D eigenvalue weighted by atomic mass is 9.85. The molecule has 3 heteroatoms. The average Bonchev–Trinajstić information content (AvgIpc) is 2.35. The third-order valence-corrected chi connectivity index (χ3v) is 3.92. The first-order valence-corrected chi connectivity index (χ1v) is 7.36. The number of ether oxygens (including phenoxy) is 1. The Bertz CT molecular complexity index is 390. The molecule has 2 rings (SSSR count). The number of nitrogens with two attached hydrogens (primary N) is 1. The van der Waals surface area contributed by atoms with Crippen LogP contribution in [-0.4, -0.2) is 31.6 Å². The van der Waals surface area contributed by atoms with Crippen LogP contribution in [0.3, 0.4) is 0 Å². The third-order valence-electron chi connectivity index (χ3n) is 3.92. The van der Waals surface area contributed by atoms with Crippen molar-refractivity contribution in [2.24, 2.45) is 11.7 Å². The smallest absolute Gasteiger partial charge is 0.124 e. The van der Waals surface area contributed by atoms with Gasteiger partial charge in [-0.05, 0) is 38.8 Å². The van der Waals surface area contributed by atoms with Crippen molar-refractivity contribution in [1.29, 1.82) is 0 Å². The van der Waals surface area contributed by atoms with Gasteiger partial charge in [0.25, 0.3) is 0 Å². The summed E-state index contributed by atoms with van der Waals surface area (Å²) in [6.45, 7) is 4.75. The minimum absolute atomic E-state index is 0.0211. The second kappa shape index (κ2) is 6.92. The molecule has 0 aromatic heterocycles. The van der Waals surface area contributed by atoms with Crippen LogP contribution < -0.4 is 10.5 Å². The van der Waals surface area contributed by atoms with E-state index in [9.17, 15) is 0 Å². The van der Waals surface area contributed by atoms with Gasteiger partial charge in [0, 0.05) is 24.7 Å². The SMILES string of the molecule is CCOc1ccccc1C(N)CN(C)CC1CCC1. The first-order valence-electron chi connectivity index (χ1n) is 7.36. The maximum Gasteiger partial charge on any atom is 0.124 e. The Morgan fingerprint density at radius 1 is 1.37 bits per heavy atom. The number of hydrogen-bond donors (Lipinski definition) is 1. The van der Waals surface area contributed by atoms with Gasteiger partial charge in [-0.2, -0.15) is 0 Å². The van der Waals surface area contributed by atoms with E-state index >= 15 is 0 Å². The van der Waals surface area contributed by atoms with Gasteiger partial charge < -0.3 is 15.4 Å². The van der Waals surface area contributed by atoms with Crippen LogP contribution in [0.2, 0.25) is 0 Å². The van der Waals surface area contributed by atoms with Gasteiger partial charge in [0.1, 0.15) is 5.75 Å². The van der Waals surface area contributed by atoms with Crippen molar-refractivity contribution < 1.29 is 4.74 Å². The molecule has 1 unspecified atom stereocenters. The standard InChI is InChI=1S/C16H26N2O/c1-3-19-16-10-5-4-9-14(16)15(17)12-18(2)11-13-7-6-8-13/h4-5,9-10,13,15H,3,6-8,11-12,17H2,1-2H3. The fraction of sp³-hybridized carbons (Fsp3) is 0.625. The molecule has 0 saturated heterocycles. The largest absolute Gasteiger partial charge is 0.494 e. The predicted molar refractivity (Wildman–Crippen MR) is 79.4 cm³/mol. The molecule has 1 aliphatic carbocycles. The molecule has 0 amide bonds. The van der Waals surface area contributed by atoms with Crippen molar-refractivity contribution in [2.75, 3.05) is 26.7 Å². The summed E-state index contributed by atoms with van der Waals surface area (Å²) in [4.78, 5) is 2.36. The highest BCUT2D eigenvalue weighted by atomic mass is 16.5. The maximum atomic E-state index is 6.34. The summed E-state index contributed by atoms with van der Waals surface area (Å²) in [5, 5.41) is 0. The van der Waals surface area contributed by atoms with Gasteiger partial charge in [0.2, 0.25) is 0 Å². The minimum atomic E-state index is 0.0211. The lowest BCUT2D eigenvalue weighted by Gasteiger charge is -2.31. The highest BCUT2D eigenvalue weighted by molar-refractivity contribution is 5.35.